The van der Waals surface area contributed by atoms with Crippen molar-refractivity contribution in [3.63, 3.8) is 0 Å². The highest BCUT2D eigenvalue weighted by molar-refractivity contribution is 5.75. The summed E-state index contributed by atoms with van der Waals surface area (Å²) in [6.45, 7) is 0.827. The molecule has 0 aliphatic carbocycles. The van der Waals surface area contributed by atoms with Crippen molar-refractivity contribution < 1.29 is 18.8 Å². The Kier molecular flexibility index (Phi) is 5.43. The Labute approximate surface area is 154 Å². The quantitative estimate of drug-likeness (QED) is 0.482. The van der Waals surface area contributed by atoms with Crippen molar-refractivity contribution >= 4 is 29.0 Å². The summed E-state index contributed by atoms with van der Waals surface area (Å²) in [5.74, 6) is -1.02. The molecule has 2 heterocycles. The highest BCUT2D eigenvalue weighted by atomic mass is 19.1. The van der Waals surface area contributed by atoms with Crippen molar-refractivity contribution in [3.05, 3.63) is 46.5 Å². The molecule has 142 valence electrons. The van der Waals surface area contributed by atoms with Crippen LogP contribution in [0.2, 0.25) is 0 Å². The van der Waals surface area contributed by atoms with Crippen molar-refractivity contribution in [2.24, 2.45) is 5.92 Å². The standard InChI is InChI=1S/C17H18FN5O4/c1-27-17(24)11-6-8-22(9-7-11)16-14(23(25)26)15(19-10-20-16)21-13-5-3-2-4-12(13)18/h2-5,10-11H,6-9H2,1H3,(H,19,20,21). The van der Waals surface area contributed by atoms with Gasteiger partial charge in [0.05, 0.1) is 23.6 Å². The second-order valence-electron chi connectivity index (χ2n) is 6.04. The summed E-state index contributed by atoms with van der Waals surface area (Å²) in [6, 6.07) is 5.83. The molecule has 27 heavy (non-hydrogen) atoms. The largest absolute Gasteiger partial charge is 0.469 e. The molecular formula is C17H18FN5O4. The third-order valence-electron chi connectivity index (χ3n) is 4.44. The Morgan fingerprint density at radius 2 is 2.04 bits per heavy atom. The number of methoxy groups -OCH3 is 1. The molecule has 1 aliphatic heterocycles. The Hall–Kier alpha value is -3.30. The van der Waals surface area contributed by atoms with Crippen molar-refractivity contribution in [1.82, 2.24) is 9.97 Å². The topological polar surface area (TPSA) is 110 Å². The van der Waals surface area contributed by atoms with E-state index in [1.165, 1.54) is 31.6 Å². The third kappa shape index (κ3) is 3.94. The number of benzene rings is 1. The molecule has 1 aliphatic rings. The normalized spacial score (nSPS) is 14.7. The van der Waals surface area contributed by atoms with Gasteiger partial charge in [0.15, 0.2) is 0 Å². The molecule has 0 radical (unpaired) electrons. The number of ether oxygens (including phenoxy) is 1. The zero-order chi connectivity index (χ0) is 19.4. The molecule has 0 unspecified atom stereocenters. The summed E-state index contributed by atoms with van der Waals surface area (Å²) in [5, 5.41) is 14.3. The molecule has 10 heteroatoms. The van der Waals surface area contributed by atoms with E-state index in [-0.39, 0.29) is 34.9 Å². The van der Waals surface area contributed by atoms with E-state index in [4.69, 9.17) is 4.74 Å². The minimum absolute atomic E-state index is 0.0784. The van der Waals surface area contributed by atoms with Crippen LogP contribution >= 0.6 is 0 Å². The number of esters is 1. The van der Waals surface area contributed by atoms with Crippen LogP contribution in [0.25, 0.3) is 0 Å². The Morgan fingerprint density at radius 3 is 2.67 bits per heavy atom. The fraction of sp³-hybridized carbons (Fsp3) is 0.353. The number of nitrogens with zero attached hydrogens (tertiary/aromatic N) is 4. The van der Waals surface area contributed by atoms with Gasteiger partial charge in [-0.05, 0) is 25.0 Å². The molecule has 1 saturated heterocycles. The van der Waals surface area contributed by atoms with E-state index in [2.05, 4.69) is 15.3 Å². The zero-order valence-electron chi connectivity index (χ0n) is 14.6. The minimum atomic E-state index is -0.592. The van der Waals surface area contributed by atoms with E-state index < -0.39 is 10.7 Å². The lowest BCUT2D eigenvalue weighted by Crippen LogP contribution is -2.37. The molecule has 0 bridgehead atoms. The van der Waals surface area contributed by atoms with Crippen molar-refractivity contribution in [2.75, 3.05) is 30.4 Å². The molecule has 2 aromatic rings. The molecule has 1 aromatic heterocycles. The lowest BCUT2D eigenvalue weighted by atomic mass is 9.97. The summed E-state index contributed by atoms with van der Waals surface area (Å²) in [5.41, 5.74) is -0.257. The van der Waals surface area contributed by atoms with Crippen LogP contribution in [0.15, 0.2) is 30.6 Å². The average molecular weight is 375 g/mol. The summed E-state index contributed by atoms with van der Waals surface area (Å²) in [7, 11) is 1.34. The van der Waals surface area contributed by atoms with Crippen molar-refractivity contribution in [3.8, 4) is 0 Å². The van der Waals surface area contributed by atoms with Gasteiger partial charge in [-0.1, -0.05) is 12.1 Å². The van der Waals surface area contributed by atoms with E-state index in [0.29, 0.717) is 25.9 Å². The predicted octanol–water partition coefficient (Wildman–Crippen LogP) is 2.66. The molecule has 9 nitrogen and oxygen atoms in total. The number of piperidine rings is 1. The molecule has 0 atom stereocenters. The second kappa shape index (κ2) is 7.94. The van der Waals surface area contributed by atoms with Gasteiger partial charge in [-0.15, -0.1) is 0 Å². The number of nitrogens with one attached hydrogen (secondary N) is 1. The Morgan fingerprint density at radius 1 is 1.33 bits per heavy atom. The van der Waals surface area contributed by atoms with Gasteiger partial charge >= 0.3 is 11.7 Å². The first-order chi connectivity index (χ1) is 13.0. The molecule has 1 N–H and O–H groups in total. The van der Waals surface area contributed by atoms with Crippen molar-refractivity contribution in [2.45, 2.75) is 12.8 Å². The number of hydrogen-bond donors (Lipinski definition) is 1. The van der Waals surface area contributed by atoms with Gasteiger partial charge in [0.25, 0.3) is 0 Å². The minimum Gasteiger partial charge on any atom is -0.469 e. The highest BCUT2D eigenvalue weighted by Gasteiger charge is 2.32. The fourth-order valence-electron chi connectivity index (χ4n) is 3.04. The van der Waals surface area contributed by atoms with Gasteiger partial charge in [0.2, 0.25) is 11.6 Å². The summed E-state index contributed by atoms with van der Waals surface area (Å²) in [6.07, 6.45) is 2.20. The first kappa shape index (κ1) is 18.5. The number of carbonyl (C=O) groups excluding carboxylic acids is 1. The van der Waals surface area contributed by atoms with E-state index in [9.17, 15) is 19.3 Å². The smallest absolute Gasteiger partial charge is 0.353 e. The third-order valence-corrected chi connectivity index (χ3v) is 4.44. The lowest BCUT2D eigenvalue weighted by Gasteiger charge is -2.31. The molecule has 0 amide bonds. The first-order valence-corrected chi connectivity index (χ1v) is 8.35. The average Bonchev–Trinajstić information content (AvgIpc) is 2.69. The number of hydrogen-bond acceptors (Lipinski definition) is 8. The molecular weight excluding hydrogens is 357 g/mol. The van der Waals surface area contributed by atoms with E-state index in [1.54, 1.807) is 11.0 Å². The zero-order valence-corrected chi connectivity index (χ0v) is 14.6. The van der Waals surface area contributed by atoms with E-state index in [1.807, 2.05) is 0 Å². The summed E-state index contributed by atoms with van der Waals surface area (Å²) in [4.78, 5) is 32.4. The summed E-state index contributed by atoms with van der Waals surface area (Å²) < 4.78 is 18.6. The summed E-state index contributed by atoms with van der Waals surface area (Å²) >= 11 is 0. The molecule has 0 saturated carbocycles. The van der Waals surface area contributed by atoms with Gasteiger partial charge in [-0.25, -0.2) is 14.4 Å². The van der Waals surface area contributed by atoms with Crippen molar-refractivity contribution in [1.29, 1.82) is 0 Å². The number of nitro groups is 1. The fourth-order valence-corrected chi connectivity index (χ4v) is 3.04. The van der Waals surface area contributed by atoms with Gasteiger partial charge < -0.3 is 15.0 Å². The van der Waals surface area contributed by atoms with Crippen LogP contribution in [0.4, 0.5) is 27.4 Å². The maximum Gasteiger partial charge on any atom is 0.353 e. The number of aromatic nitrogens is 2. The monoisotopic (exact) mass is 375 g/mol. The Balaban J connectivity index is 1.88. The maximum atomic E-state index is 13.9. The molecule has 0 spiro atoms. The number of halogens is 1. The second-order valence-corrected chi connectivity index (χ2v) is 6.04. The van der Waals surface area contributed by atoms with Crippen LogP contribution < -0.4 is 10.2 Å². The van der Waals surface area contributed by atoms with Gasteiger partial charge in [-0.2, -0.15) is 0 Å². The number of para-hydroxylation sites is 1. The SMILES string of the molecule is COC(=O)C1CCN(c2ncnc(Nc3ccccc3F)c2[N+](=O)[O-])CC1. The van der Waals surface area contributed by atoms with Gasteiger partial charge in [0.1, 0.15) is 12.1 Å². The van der Waals surface area contributed by atoms with Gasteiger partial charge in [0, 0.05) is 13.1 Å². The number of rotatable bonds is 5. The maximum absolute atomic E-state index is 13.9. The van der Waals surface area contributed by atoms with Crippen LogP contribution in [-0.4, -0.2) is 41.1 Å². The van der Waals surface area contributed by atoms with Crippen LogP contribution in [0.3, 0.4) is 0 Å². The first-order valence-electron chi connectivity index (χ1n) is 8.35. The lowest BCUT2D eigenvalue weighted by molar-refractivity contribution is -0.383. The molecule has 1 aromatic carbocycles. The Bertz CT molecular complexity index is 855. The van der Waals surface area contributed by atoms with Crippen LogP contribution in [-0.2, 0) is 9.53 Å². The van der Waals surface area contributed by atoms with Crippen LogP contribution in [0.5, 0.6) is 0 Å². The van der Waals surface area contributed by atoms with Crippen LogP contribution in [0, 0.1) is 21.8 Å². The highest BCUT2D eigenvalue weighted by Crippen LogP contribution is 2.35. The van der Waals surface area contributed by atoms with Gasteiger partial charge in [-0.3, -0.25) is 14.9 Å². The molecule has 3 rings (SSSR count). The van der Waals surface area contributed by atoms with E-state index >= 15 is 0 Å². The van der Waals surface area contributed by atoms with E-state index in [0.717, 1.165) is 0 Å². The number of anilines is 3. The molecule has 1 fully saturated rings. The van der Waals surface area contributed by atoms with Crippen LogP contribution in [0.1, 0.15) is 12.8 Å². The number of carbonyl (C=O) groups is 1. The predicted molar refractivity (Wildman–Crippen MR) is 95.3 cm³/mol.